The molecule has 0 aliphatic carbocycles. The fourth-order valence-corrected chi connectivity index (χ4v) is 1.66. The molecule has 1 fully saturated rings. The van der Waals surface area contributed by atoms with Crippen LogP contribution in [0.4, 0.5) is 11.9 Å². The molecule has 2 rings (SSSR count). The summed E-state index contributed by atoms with van der Waals surface area (Å²) in [5.74, 6) is 1.66. The van der Waals surface area contributed by atoms with E-state index < -0.39 is 0 Å². The van der Waals surface area contributed by atoms with E-state index in [1.165, 1.54) is 0 Å². The lowest BCUT2D eigenvalue weighted by atomic mass is 10.2. The molecule has 2 heterocycles. The minimum Gasteiger partial charge on any atom is -0.368 e. The highest BCUT2D eigenvalue weighted by molar-refractivity contribution is 5.33. The summed E-state index contributed by atoms with van der Waals surface area (Å²) in [4.78, 5) is 14.4. The van der Waals surface area contributed by atoms with Gasteiger partial charge in [0.1, 0.15) is 0 Å². The van der Waals surface area contributed by atoms with E-state index >= 15 is 0 Å². The smallest absolute Gasteiger partial charge is 0.229 e. The first kappa shape index (κ1) is 10.1. The molecule has 1 aliphatic rings. The highest BCUT2D eigenvalue weighted by atomic mass is 15.3. The Labute approximate surface area is 88.9 Å². The molecule has 1 unspecified atom stereocenters. The molecule has 1 aliphatic heterocycles. The third kappa shape index (κ3) is 2.15. The maximum atomic E-state index is 5.65. The van der Waals surface area contributed by atoms with Crippen molar-refractivity contribution in [2.24, 2.45) is 0 Å². The van der Waals surface area contributed by atoms with E-state index in [1.807, 2.05) is 19.0 Å². The largest absolute Gasteiger partial charge is 0.368 e. The van der Waals surface area contributed by atoms with Crippen LogP contribution in [0.3, 0.4) is 0 Å². The van der Waals surface area contributed by atoms with Gasteiger partial charge in [-0.25, -0.2) is 0 Å². The summed E-state index contributed by atoms with van der Waals surface area (Å²) in [5, 5.41) is 3.34. The number of hydrogen-bond acceptors (Lipinski definition) is 6. The maximum Gasteiger partial charge on any atom is 0.229 e. The molecule has 0 aromatic carbocycles. The maximum absolute atomic E-state index is 5.65. The van der Waals surface area contributed by atoms with Crippen molar-refractivity contribution in [1.82, 2.24) is 20.3 Å². The molecule has 1 aromatic heterocycles. The molecule has 0 spiro atoms. The number of aromatic nitrogens is 3. The molecule has 1 atom stereocenters. The first-order chi connectivity index (χ1) is 7.16. The van der Waals surface area contributed by atoms with Crippen molar-refractivity contribution in [3.05, 3.63) is 5.82 Å². The fourth-order valence-electron chi connectivity index (χ4n) is 1.66. The van der Waals surface area contributed by atoms with Gasteiger partial charge in [0.25, 0.3) is 0 Å². The van der Waals surface area contributed by atoms with E-state index in [4.69, 9.17) is 5.73 Å². The second-order valence-corrected chi connectivity index (χ2v) is 3.90. The van der Waals surface area contributed by atoms with Gasteiger partial charge in [-0.05, 0) is 19.4 Å². The van der Waals surface area contributed by atoms with Gasteiger partial charge in [0, 0.05) is 14.1 Å². The van der Waals surface area contributed by atoms with E-state index in [0.29, 0.717) is 5.95 Å². The molecule has 6 nitrogen and oxygen atoms in total. The molecular weight excluding hydrogens is 192 g/mol. The molecule has 0 saturated carbocycles. The molecule has 1 saturated heterocycles. The minimum atomic E-state index is 0.231. The van der Waals surface area contributed by atoms with E-state index in [-0.39, 0.29) is 12.0 Å². The Morgan fingerprint density at radius 1 is 1.33 bits per heavy atom. The number of hydrogen-bond donors (Lipinski definition) is 2. The van der Waals surface area contributed by atoms with Gasteiger partial charge in [-0.2, -0.15) is 15.0 Å². The number of nitrogens with one attached hydrogen (secondary N) is 1. The summed E-state index contributed by atoms with van der Waals surface area (Å²) in [6.07, 6.45) is 2.23. The molecule has 0 amide bonds. The van der Waals surface area contributed by atoms with Crippen molar-refractivity contribution in [2.45, 2.75) is 18.9 Å². The lowest BCUT2D eigenvalue weighted by Crippen LogP contribution is -2.21. The number of nitrogens with zero attached hydrogens (tertiary/aromatic N) is 4. The fraction of sp³-hybridized carbons (Fsp3) is 0.667. The van der Waals surface area contributed by atoms with Crippen LogP contribution in [0.15, 0.2) is 0 Å². The van der Waals surface area contributed by atoms with Crippen molar-refractivity contribution in [3.63, 3.8) is 0 Å². The molecule has 1 aromatic rings. The van der Waals surface area contributed by atoms with Crippen LogP contribution in [0.5, 0.6) is 0 Å². The Morgan fingerprint density at radius 2 is 2.13 bits per heavy atom. The Bertz CT molecular complexity index is 344. The average Bonchev–Trinajstić information content (AvgIpc) is 2.69. The lowest BCUT2D eigenvalue weighted by molar-refractivity contribution is 0.601. The van der Waals surface area contributed by atoms with Gasteiger partial charge in [-0.1, -0.05) is 0 Å². The zero-order valence-corrected chi connectivity index (χ0v) is 9.06. The van der Waals surface area contributed by atoms with Crippen molar-refractivity contribution in [1.29, 1.82) is 0 Å². The normalized spacial score (nSPS) is 20.5. The molecular formula is C9H16N6. The first-order valence-electron chi connectivity index (χ1n) is 5.09. The van der Waals surface area contributed by atoms with E-state index in [0.717, 1.165) is 25.2 Å². The van der Waals surface area contributed by atoms with Gasteiger partial charge < -0.3 is 16.0 Å². The van der Waals surface area contributed by atoms with E-state index in [9.17, 15) is 0 Å². The number of nitrogen functional groups attached to an aromatic ring is 1. The third-order valence-corrected chi connectivity index (χ3v) is 2.43. The number of anilines is 2. The number of rotatable bonds is 2. The Balaban J connectivity index is 2.30. The Hall–Kier alpha value is -1.43. The Morgan fingerprint density at radius 3 is 2.73 bits per heavy atom. The topological polar surface area (TPSA) is 80.0 Å². The minimum absolute atomic E-state index is 0.231. The van der Waals surface area contributed by atoms with Gasteiger partial charge in [0.2, 0.25) is 11.9 Å². The molecule has 6 heteroatoms. The van der Waals surface area contributed by atoms with Crippen LogP contribution in [0, 0.1) is 0 Å². The van der Waals surface area contributed by atoms with E-state index in [1.54, 1.807) is 0 Å². The van der Waals surface area contributed by atoms with Crippen molar-refractivity contribution in [3.8, 4) is 0 Å². The molecule has 0 bridgehead atoms. The monoisotopic (exact) mass is 208 g/mol. The summed E-state index contributed by atoms with van der Waals surface area (Å²) in [6, 6.07) is 0.231. The molecule has 82 valence electrons. The number of nitrogens with two attached hydrogens (primary N) is 1. The van der Waals surface area contributed by atoms with Crippen molar-refractivity contribution in [2.75, 3.05) is 31.3 Å². The van der Waals surface area contributed by atoms with Crippen molar-refractivity contribution >= 4 is 11.9 Å². The zero-order chi connectivity index (χ0) is 10.8. The average molecular weight is 208 g/mol. The SMILES string of the molecule is CN(C)c1nc(N)nc(C2CCCN2)n1. The highest BCUT2D eigenvalue weighted by Gasteiger charge is 2.20. The van der Waals surface area contributed by atoms with Crippen LogP contribution in [-0.4, -0.2) is 35.6 Å². The molecule has 0 radical (unpaired) electrons. The van der Waals surface area contributed by atoms with Crippen LogP contribution < -0.4 is 16.0 Å². The van der Waals surface area contributed by atoms with E-state index in [2.05, 4.69) is 20.3 Å². The van der Waals surface area contributed by atoms with Gasteiger partial charge >= 0.3 is 0 Å². The van der Waals surface area contributed by atoms with Crippen molar-refractivity contribution < 1.29 is 0 Å². The predicted octanol–water partition coefficient (Wildman–Crippen LogP) is -0.0557. The predicted molar refractivity (Wildman–Crippen MR) is 58.5 cm³/mol. The quantitative estimate of drug-likeness (QED) is 0.709. The second kappa shape index (κ2) is 3.98. The summed E-state index contributed by atoms with van der Waals surface area (Å²) >= 11 is 0. The summed E-state index contributed by atoms with van der Waals surface area (Å²) in [7, 11) is 3.78. The highest BCUT2D eigenvalue weighted by Crippen LogP contribution is 2.21. The van der Waals surface area contributed by atoms with Crippen LogP contribution in [0.1, 0.15) is 24.7 Å². The second-order valence-electron chi connectivity index (χ2n) is 3.90. The van der Waals surface area contributed by atoms with Crippen LogP contribution in [0.2, 0.25) is 0 Å². The summed E-state index contributed by atoms with van der Waals surface area (Å²) in [6.45, 7) is 1.02. The lowest BCUT2D eigenvalue weighted by Gasteiger charge is -2.14. The third-order valence-electron chi connectivity index (χ3n) is 2.43. The zero-order valence-electron chi connectivity index (χ0n) is 9.06. The Kier molecular flexibility index (Phi) is 2.68. The summed E-state index contributed by atoms with van der Waals surface area (Å²) in [5.41, 5.74) is 5.65. The van der Waals surface area contributed by atoms with Gasteiger partial charge in [0.15, 0.2) is 5.82 Å². The van der Waals surface area contributed by atoms with Gasteiger partial charge in [0.05, 0.1) is 6.04 Å². The van der Waals surface area contributed by atoms with Crippen LogP contribution in [-0.2, 0) is 0 Å². The van der Waals surface area contributed by atoms with Gasteiger partial charge in [-0.3, -0.25) is 0 Å². The summed E-state index contributed by atoms with van der Waals surface area (Å²) < 4.78 is 0. The molecule has 15 heavy (non-hydrogen) atoms. The standard InChI is InChI=1S/C9H16N6/c1-15(2)9-13-7(12-8(10)14-9)6-4-3-5-11-6/h6,11H,3-5H2,1-2H3,(H2,10,12,13,14). The van der Waals surface area contributed by atoms with Crippen LogP contribution in [0.25, 0.3) is 0 Å². The van der Waals surface area contributed by atoms with Crippen LogP contribution >= 0.6 is 0 Å². The molecule has 3 N–H and O–H groups in total. The first-order valence-corrected chi connectivity index (χ1v) is 5.09. The van der Waals surface area contributed by atoms with Gasteiger partial charge in [-0.15, -0.1) is 0 Å².